The van der Waals surface area contributed by atoms with Crippen molar-refractivity contribution in [1.82, 2.24) is 4.98 Å². The second kappa shape index (κ2) is 4.31. The fourth-order valence-corrected chi connectivity index (χ4v) is 1.64. The van der Waals surface area contributed by atoms with Gasteiger partial charge in [0.2, 0.25) is 0 Å². The van der Waals surface area contributed by atoms with Crippen molar-refractivity contribution < 1.29 is 0 Å². The molecule has 1 aromatic heterocycles. The molecule has 2 nitrogen and oxygen atoms in total. The Hall–Kier alpha value is -0.980. The van der Waals surface area contributed by atoms with Gasteiger partial charge in [0, 0.05) is 11.8 Å². The zero-order valence-electron chi connectivity index (χ0n) is 7.04. The molecule has 0 aliphatic rings. The monoisotopic (exact) mass is 210 g/mol. The Kier molecular flexibility index (Phi) is 3.35. The van der Waals surface area contributed by atoms with Crippen LogP contribution in [-0.4, -0.2) is 4.98 Å². The van der Waals surface area contributed by atoms with Crippen molar-refractivity contribution in [3.05, 3.63) is 34.3 Å². The number of halogens is 1. The molecule has 0 spiro atoms. The van der Waals surface area contributed by atoms with E-state index in [-0.39, 0.29) is 0 Å². The van der Waals surface area contributed by atoms with Gasteiger partial charge in [0.15, 0.2) is 0 Å². The van der Waals surface area contributed by atoms with Crippen LogP contribution in [-0.2, 0) is 0 Å². The molecule has 4 heteroatoms. The Labute approximate surface area is 86.2 Å². The van der Waals surface area contributed by atoms with Crippen LogP contribution in [0.15, 0.2) is 23.2 Å². The molecule has 0 bridgehead atoms. The van der Waals surface area contributed by atoms with Crippen molar-refractivity contribution in [3.63, 3.8) is 0 Å². The summed E-state index contributed by atoms with van der Waals surface area (Å²) in [7, 11) is 0. The predicted molar refractivity (Wildman–Crippen MR) is 54.8 cm³/mol. The van der Waals surface area contributed by atoms with Crippen LogP contribution in [0.4, 0.5) is 0 Å². The minimum atomic E-state index is 0.410. The molecule has 0 amide bonds. The molecule has 0 unspecified atom stereocenters. The van der Waals surface area contributed by atoms with Gasteiger partial charge in [0.05, 0.1) is 10.6 Å². The molecule has 1 aromatic rings. The van der Waals surface area contributed by atoms with E-state index < -0.39 is 0 Å². The quantitative estimate of drug-likeness (QED) is 0.704. The molecular formula is C9H7ClN2S. The molecule has 13 heavy (non-hydrogen) atoms. The summed E-state index contributed by atoms with van der Waals surface area (Å²) in [4.78, 5) is 4.08. The summed E-state index contributed by atoms with van der Waals surface area (Å²) in [5.74, 6) is 0. The van der Waals surface area contributed by atoms with Gasteiger partial charge < -0.3 is 0 Å². The van der Waals surface area contributed by atoms with Crippen molar-refractivity contribution in [2.45, 2.75) is 11.9 Å². The van der Waals surface area contributed by atoms with Gasteiger partial charge in [-0.1, -0.05) is 29.9 Å². The lowest BCUT2D eigenvalue weighted by atomic mass is 10.2. The van der Waals surface area contributed by atoms with Gasteiger partial charge in [0.25, 0.3) is 0 Å². The molecule has 0 N–H and O–H groups in total. The minimum Gasteiger partial charge on any atom is -0.248 e. The van der Waals surface area contributed by atoms with Crippen molar-refractivity contribution in [1.29, 1.82) is 5.26 Å². The highest BCUT2D eigenvalue weighted by molar-refractivity contribution is 8.02. The molecule has 0 aromatic carbocycles. The second-order valence-electron chi connectivity index (χ2n) is 2.31. The molecule has 0 fully saturated rings. The lowest BCUT2D eigenvalue weighted by Crippen LogP contribution is -1.89. The summed E-state index contributed by atoms with van der Waals surface area (Å²) in [6.07, 6.45) is 1.47. The van der Waals surface area contributed by atoms with E-state index in [0.29, 0.717) is 10.6 Å². The molecule has 0 radical (unpaired) electrons. The minimum absolute atomic E-state index is 0.410. The highest BCUT2D eigenvalue weighted by Gasteiger charge is 2.08. The van der Waals surface area contributed by atoms with Gasteiger partial charge >= 0.3 is 0 Å². The summed E-state index contributed by atoms with van der Waals surface area (Å²) < 4.78 is 0. The number of rotatable bonds is 2. The summed E-state index contributed by atoms with van der Waals surface area (Å²) >= 11 is 7.32. The molecule has 1 rings (SSSR count). The average molecular weight is 211 g/mol. The van der Waals surface area contributed by atoms with Gasteiger partial charge in [-0.3, -0.25) is 0 Å². The summed E-state index contributed by atoms with van der Waals surface area (Å²) in [6, 6.07) is 1.98. The maximum Gasteiger partial charge on any atom is 0.105 e. The highest BCUT2D eigenvalue weighted by Crippen LogP contribution is 2.28. The average Bonchev–Trinajstić information content (AvgIpc) is 2.14. The van der Waals surface area contributed by atoms with Crippen LogP contribution in [0.2, 0.25) is 5.02 Å². The van der Waals surface area contributed by atoms with Gasteiger partial charge in [-0.15, -0.1) is 0 Å². The number of pyridine rings is 1. The van der Waals surface area contributed by atoms with Gasteiger partial charge in [-0.2, -0.15) is 5.26 Å². The fourth-order valence-electron chi connectivity index (χ4n) is 0.848. The van der Waals surface area contributed by atoms with Crippen LogP contribution in [0.1, 0.15) is 11.1 Å². The third-order valence-electron chi connectivity index (χ3n) is 1.51. The highest BCUT2D eigenvalue weighted by atomic mass is 35.5. The van der Waals surface area contributed by atoms with Crippen LogP contribution < -0.4 is 0 Å². The van der Waals surface area contributed by atoms with Crippen molar-refractivity contribution >= 4 is 23.4 Å². The Morgan fingerprint density at radius 2 is 2.46 bits per heavy atom. The van der Waals surface area contributed by atoms with E-state index >= 15 is 0 Å². The zero-order valence-corrected chi connectivity index (χ0v) is 8.61. The SMILES string of the molecule is C=CSc1ncc(C#N)c(Cl)c1C. The first-order valence-corrected chi connectivity index (χ1v) is 4.79. The first-order chi connectivity index (χ1) is 6.20. The standard InChI is InChI=1S/C9H7ClN2S/c1-3-13-9-6(2)8(10)7(4-11)5-12-9/h3,5H,1H2,2H3. The van der Waals surface area contributed by atoms with Crippen LogP contribution in [0.5, 0.6) is 0 Å². The maximum absolute atomic E-state index is 8.66. The Balaban J connectivity index is 3.24. The molecule has 66 valence electrons. The number of hydrogen-bond donors (Lipinski definition) is 0. The first kappa shape index (κ1) is 10.1. The normalized spacial score (nSPS) is 9.31. The van der Waals surface area contributed by atoms with E-state index in [9.17, 15) is 0 Å². The van der Waals surface area contributed by atoms with Gasteiger partial charge in [-0.25, -0.2) is 4.98 Å². The van der Waals surface area contributed by atoms with Crippen LogP contribution in [0.25, 0.3) is 0 Å². The van der Waals surface area contributed by atoms with Crippen molar-refractivity contribution in [3.8, 4) is 6.07 Å². The molecule has 0 atom stereocenters. The lowest BCUT2D eigenvalue weighted by Gasteiger charge is -2.03. The second-order valence-corrected chi connectivity index (χ2v) is 3.65. The summed E-state index contributed by atoms with van der Waals surface area (Å²) in [6.45, 7) is 5.42. The molecule has 0 saturated carbocycles. The lowest BCUT2D eigenvalue weighted by molar-refractivity contribution is 1.08. The van der Waals surface area contributed by atoms with Crippen LogP contribution >= 0.6 is 23.4 Å². The predicted octanol–water partition coefficient (Wildman–Crippen LogP) is 3.15. The molecule has 1 heterocycles. The Morgan fingerprint density at radius 1 is 1.77 bits per heavy atom. The molecule has 0 aliphatic carbocycles. The maximum atomic E-state index is 8.66. The zero-order chi connectivity index (χ0) is 9.84. The first-order valence-electron chi connectivity index (χ1n) is 3.53. The molecule has 0 aliphatic heterocycles. The number of nitrogens with zero attached hydrogens (tertiary/aromatic N) is 2. The van der Waals surface area contributed by atoms with E-state index in [1.807, 2.05) is 13.0 Å². The molecule has 0 saturated heterocycles. The third-order valence-corrected chi connectivity index (χ3v) is 2.80. The topological polar surface area (TPSA) is 36.7 Å². The summed E-state index contributed by atoms with van der Waals surface area (Å²) in [5, 5.41) is 11.6. The number of thioether (sulfide) groups is 1. The number of nitriles is 1. The third kappa shape index (κ3) is 2.03. The van der Waals surface area contributed by atoms with Crippen molar-refractivity contribution in [2.75, 3.05) is 0 Å². The van der Waals surface area contributed by atoms with E-state index in [1.54, 1.807) is 5.41 Å². The largest absolute Gasteiger partial charge is 0.248 e. The Bertz CT molecular complexity index is 382. The Morgan fingerprint density at radius 3 is 3.00 bits per heavy atom. The van der Waals surface area contributed by atoms with Crippen molar-refractivity contribution in [2.24, 2.45) is 0 Å². The van der Waals surface area contributed by atoms with Gasteiger partial charge in [0.1, 0.15) is 11.1 Å². The smallest absolute Gasteiger partial charge is 0.105 e. The van der Waals surface area contributed by atoms with Gasteiger partial charge in [-0.05, 0) is 12.3 Å². The van der Waals surface area contributed by atoms with E-state index in [2.05, 4.69) is 11.6 Å². The van der Waals surface area contributed by atoms with E-state index in [4.69, 9.17) is 16.9 Å². The number of hydrogen-bond acceptors (Lipinski definition) is 3. The van der Waals surface area contributed by atoms with Crippen LogP contribution in [0, 0.1) is 18.3 Å². The van der Waals surface area contributed by atoms with E-state index in [1.165, 1.54) is 18.0 Å². The fraction of sp³-hybridized carbons (Fsp3) is 0.111. The van der Waals surface area contributed by atoms with E-state index in [0.717, 1.165) is 10.6 Å². The number of aromatic nitrogens is 1. The molecular weight excluding hydrogens is 204 g/mol. The summed E-state index contributed by atoms with van der Waals surface area (Å²) in [5.41, 5.74) is 1.23. The van der Waals surface area contributed by atoms with Crippen LogP contribution in [0.3, 0.4) is 0 Å².